The van der Waals surface area contributed by atoms with Gasteiger partial charge in [-0.15, -0.1) is 0 Å². The van der Waals surface area contributed by atoms with Gasteiger partial charge in [0, 0.05) is 32.3 Å². The second kappa shape index (κ2) is 3.79. The number of nitrogens with one attached hydrogen (secondary N) is 1. The van der Waals surface area contributed by atoms with Crippen molar-refractivity contribution in [1.29, 1.82) is 0 Å². The van der Waals surface area contributed by atoms with E-state index in [1.54, 1.807) is 11.6 Å². The second-order valence-corrected chi connectivity index (χ2v) is 6.56. The van der Waals surface area contributed by atoms with Gasteiger partial charge in [0.1, 0.15) is 0 Å². The molecule has 1 aromatic rings. The molecule has 3 rings (SSSR count). The fraction of sp³-hybridized carbons (Fsp3) is 0.600. The van der Waals surface area contributed by atoms with Crippen LogP contribution in [0.4, 0.5) is 0 Å². The van der Waals surface area contributed by atoms with E-state index in [4.69, 9.17) is 0 Å². The zero-order valence-corrected chi connectivity index (χ0v) is 10.7. The van der Waals surface area contributed by atoms with E-state index in [1.807, 2.05) is 0 Å². The summed E-state index contributed by atoms with van der Waals surface area (Å²) < 4.78 is 27.8. The van der Waals surface area contributed by atoms with E-state index < -0.39 is 10.0 Å². The zero-order chi connectivity index (χ0) is 12.9. The lowest BCUT2D eigenvalue weighted by Crippen LogP contribution is -2.38. The fourth-order valence-corrected chi connectivity index (χ4v) is 4.28. The van der Waals surface area contributed by atoms with Crippen LogP contribution in [-0.2, 0) is 21.9 Å². The maximum Gasteiger partial charge on any atom is 0.262 e. The van der Waals surface area contributed by atoms with Crippen molar-refractivity contribution in [2.75, 3.05) is 6.54 Å². The highest BCUT2D eigenvalue weighted by atomic mass is 32.2. The lowest BCUT2D eigenvalue weighted by atomic mass is 10.1. The quantitative estimate of drug-likeness (QED) is 0.752. The molecule has 8 heteroatoms. The molecule has 2 atom stereocenters. The molecule has 1 aromatic heterocycles. The third-order valence-electron chi connectivity index (χ3n) is 3.49. The minimum atomic E-state index is -3.59. The van der Waals surface area contributed by atoms with Crippen LogP contribution in [0.5, 0.6) is 0 Å². The van der Waals surface area contributed by atoms with Gasteiger partial charge in [0.05, 0.1) is 12.4 Å². The van der Waals surface area contributed by atoms with Gasteiger partial charge >= 0.3 is 0 Å². The third-order valence-corrected chi connectivity index (χ3v) is 5.30. The summed E-state index contributed by atoms with van der Waals surface area (Å²) >= 11 is 0. The standard InChI is InChI=1S/C10H14N4O3S/c1-13-5-10(11-6-13)18(16,17)14-3-2-7-8(14)4-9(15)12-7/h5-8H,2-4H2,1H3,(H,12,15). The lowest BCUT2D eigenvalue weighted by molar-refractivity contribution is -0.119. The average molecular weight is 270 g/mol. The first kappa shape index (κ1) is 11.7. The highest BCUT2D eigenvalue weighted by molar-refractivity contribution is 7.89. The Kier molecular flexibility index (Phi) is 2.46. The molecule has 0 radical (unpaired) electrons. The zero-order valence-electron chi connectivity index (χ0n) is 9.91. The number of nitrogens with zero attached hydrogens (tertiary/aromatic N) is 3. The van der Waals surface area contributed by atoms with Gasteiger partial charge in [-0.1, -0.05) is 0 Å². The van der Waals surface area contributed by atoms with E-state index in [-0.39, 0.29) is 29.4 Å². The lowest BCUT2D eigenvalue weighted by Gasteiger charge is -2.20. The molecule has 0 bridgehead atoms. The van der Waals surface area contributed by atoms with Crippen LogP contribution < -0.4 is 5.32 Å². The number of hydrogen-bond acceptors (Lipinski definition) is 4. The first-order chi connectivity index (χ1) is 8.48. The summed E-state index contributed by atoms with van der Waals surface area (Å²) in [6.45, 7) is 0.439. The maximum absolute atomic E-state index is 12.4. The number of rotatable bonds is 2. The van der Waals surface area contributed by atoms with E-state index in [9.17, 15) is 13.2 Å². The predicted molar refractivity (Wildman–Crippen MR) is 62.1 cm³/mol. The van der Waals surface area contributed by atoms with Crippen LogP contribution in [0.2, 0.25) is 0 Å². The minimum absolute atomic E-state index is 0.0454. The molecular formula is C10H14N4O3S. The van der Waals surface area contributed by atoms with Crippen molar-refractivity contribution >= 4 is 15.9 Å². The Bertz CT molecular complexity index is 594. The average Bonchev–Trinajstić information content (AvgIpc) is 2.92. The molecule has 18 heavy (non-hydrogen) atoms. The smallest absolute Gasteiger partial charge is 0.262 e. The van der Waals surface area contributed by atoms with Crippen molar-refractivity contribution in [3.8, 4) is 0 Å². The molecule has 98 valence electrons. The number of aromatic nitrogens is 2. The molecule has 2 saturated heterocycles. The number of fused-ring (bicyclic) bond motifs is 1. The summed E-state index contributed by atoms with van der Waals surface area (Å²) in [5.41, 5.74) is 0. The largest absolute Gasteiger partial charge is 0.352 e. The van der Waals surface area contributed by atoms with E-state index >= 15 is 0 Å². The van der Waals surface area contributed by atoms with Crippen LogP contribution in [0.1, 0.15) is 12.8 Å². The van der Waals surface area contributed by atoms with Gasteiger partial charge in [-0.05, 0) is 6.42 Å². The van der Waals surface area contributed by atoms with Gasteiger partial charge in [-0.2, -0.15) is 4.31 Å². The Labute approximate surface area is 105 Å². The van der Waals surface area contributed by atoms with Crippen molar-refractivity contribution in [2.45, 2.75) is 30.0 Å². The first-order valence-electron chi connectivity index (χ1n) is 5.77. The number of hydrogen-bond donors (Lipinski definition) is 1. The van der Waals surface area contributed by atoms with Crippen LogP contribution in [0, 0.1) is 0 Å². The molecule has 2 fully saturated rings. The molecule has 3 heterocycles. The Hall–Kier alpha value is -1.41. The van der Waals surface area contributed by atoms with Crippen molar-refractivity contribution in [1.82, 2.24) is 19.2 Å². The Morgan fingerprint density at radius 2 is 2.28 bits per heavy atom. The van der Waals surface area contributed by atoms with E-state index in [0.717, 1.165) is 0 Å². The second-order valence-electron chi connectivity index (χ2n) is 4.73. The molecule has 1 amide bonds. The minimum Gasteiger partial charge on any atom is -0.352 e. The monoisotopic (exact) mass is 270 g/mol. The first-order valence-corrected chi connectivity index (χ1v) is 7.21. The number of sulfonamides is 1. The van der Waals surface area contributed by atoms with Crippen molar-refractivity contribution in [3.05, 3.63) is 12.5 Å². The van der Waals surface area contributed by atoms with Crippen molar-refractivity contribution in [3.63, 3.8) is 0 Å². The highest BCUT2D eigenvalue weighted by Gasteiger charge is 2.47. The number of carbonyl (C=O) groups is 1. The molecule has 7 nitrogen and oxygen atoms in total. The summed E-state index contributed by atoms with van der Waals surface area (Å²) in [5.74, 6) is -0.0779. The van der Waals surface area contributed by atoms with Crippen LogP contribution in [0.25, 0.3) is 0 Å². The SMILES string of the molecule is Cn1cnc(S(=O)(=O)N2CCC3NC(=O)CC32)c1. The molecule has 2 unspecified atom stereocenters. The van der Waals surface area contributed by atoms with Gasteiger partial charge in [-0.3, -0.25) is 4.79 Å². The topological polar surface area (TPSA) is 84.3 Å². The third kappa shape index (κ3) is 1.64. The number of amides is 1. The normalized spacial score (nSPS) is 28.4. The summed E-state index contributed by atoms with van der Waals surface area (Å²) in [7, 11) is -1.86. The van der Waals surface area contributed by atoms with Crippen LogP contribution in [-0.4, -0.2) is 46.8 Å². The van der Waals surface area contributed by atoms with Crippen LogP contribution >= 0.6 is 0 Å². The molecule has 0 aliphatic carbocycles. The number of imidazole rings is 1. The van der Waals surface area contributed by atoms with E-state index in [2.05, 4.69) is 10.3 Å². The van der Waals surface area contributed by atoms with E-state index in [0.29, 0.717) is 13.0 Å². The maximum atomic E-state index is 12.4. The number of aryl methyl sites for hydroxylation is 1. The molecule has 2 aliphatic heterocycles. The van der Waals surface area contributed by atoms with Crippen molar-refractivity contribution in [2.24, 2.45) is 7.05 Å². The van der Waals surface area contributed by atoms with Crippen LogP contribution in [0.3, 0.4) is 0 Å². The molecular weight excluding hydrogens is 256 g/mol. The molecule has 1 N–H and O–H groups in total. The molecule has 0 aromatic carbocycles. The highest BCUT2D eigenvalue weighted by Crippen LogP contribution is 2.30. The van der Waals surface area contributed by atoms with Gasteiger partial charge < -0.3 is 9.88 Å². The summed E-state index contributed by atoms with van der Waals surface area (Å²) in [4.78, 5) is 15.2. The predicted octanol–water partition coefficient (Wildman–Crippen LogP) is -0.928. The van der Waals surface area contributed by atoms with E-state index in [1.165, 1.54) is 16.8 Å². The summed E-state index contributed by atoms with van der Waals surface area (Å²) in [5, 5.41) is 2.85. The Morgan fingerprint density at radius 1 is 1.50 bits per heavy atom. The van der Waals surface area contributed by atoms with Gasteiger partial charge in [0.2, 0.25) is 5.91 Å². The molecule has 0 saturated carbocycles. The Balaban J connectivity index is 1.93. The van der Waals surface area contributed by atoms with Crippen molar-refractivity contribution < 1.29 is 13.2 Å². The summed E-state index contributed by atoms with van der Waals surface area (Å²) in [6.07, 6.45) is 3.85. The molecule has 2 aliphatic rings. The fourth-order valence-electron chi connectivity index (χ4n) is 2.63. The number of carbonyl (C=O) groups excluding carboxylic acids is 1. The van der Waals surface area contributed by atoms with Gasteiger partial charge in [0.25, 0.3) is 10.0 Å². The van der Waals surface area contributed by atoms with Crippen LogP contribution in [0.15, 0.2) is 17.6 Å². The Morgan fingerprint density at radius 3 is 2.94 bits per heavy atom. The summed E-state index contributed by atoms with van der Waals surface area (Å²) in [6, 6.07) is -0.305. The van der Waals surface area contributed by atoms with Gasteiger partial charge in [-0.25, -0.2) is 13.4 Å². The van der Waals surface area contributed by atoms with Gasteiger partial charge in [0.15, 0.2) is 5.03 Å². The molecule has 0 spiro atoms.